The summed E-state index contributed by atoms with van der Waals surface area (Å²) in [6, 6.07) is 5.19. The predicted octanol–water partition coefficient (Wildman–Crippen LogP) is -0.906. The van der Waals surface area contributed by atoms with E-state index in [1.807, 2.05) is 6.92 Å². The smallest absolute Gasteiger partial charge is 0.348 e. The molecule has 0 aromatic heterocycles. The van der Waals surface area contributed by atoms with Gasteiger partial charge in [-0.1, -0.05) is 12.1 Å². The Balaban J connectivity index is 1.47. The summed E-state index contributed by atoms with van der Waals surface area (Å²) in [6.45, 7) is 4.93. The second-order valence-corrected chi connectivity index (χ2v) is 7.68. The Morgan fingerprint density at radius 3 is 2.39 bits per heavy atom. The predicted molar refractivity (Wildman–Crippen MR) is 97.0 cm³/mol. The molecule has 3 rings (SSSR count). The van der Waals surface area contributed by atoms with Crippen LogP contribution in [0.2, 0.25) is 0 Å². The molecule has 0 radical (unpaired) electrons. The lowest BCUT2D eigenvalue weighted by Gasteiger charge is -2.32. The maximum Gasteiger partial charge on any atom is 0.418 e. The number of quaternary nitrogens is 2. The molecule has 2 amide bonds. The van der Waals surface area contributed by atoms with Gasteiger partial charge in [0.15, 0.2) is 12.6 Å². The SMILES string of the molecule is C[C@H](C(=O)NC1CC1)[NH+]1CC[NH+](CC(=O)Nc2ccccc2C(F)(F)F)CC1. The summed E-state index contributed by atoms with van der Waals surface area (Å²) in [6.07, 6.45) is -2.40. The van der Waals surface area contributed by atoms with E-state index in [9.17, 15) is 22.8 Å². The highest BCUT2D eigenvalue weighted by atomic mass is 19.4. The zero-order chi connectivity index (χ0) is 20.3. The third-order valence-electron chi connectivity index (χ3n) is 5.45. The van der Waals surface area contributed by atoms with Crippen LogP contribution >= 0.6 is 0 Å². The number of carbonyl (C=O) groups excluding carboxylic acids is 2. The zero-order valence-corrected chi connectivity index (χ0v) is 15.9. The highest BCUT2D eigenvalue weighted by Gasteiger charge is 2.35. The molecule has 1 aromatic carbocycles. The summed E-state index contributed by atoms with van der Waals surface area (Å²) < 4.78 is 39.1. The standard InChI is InChI=1S/C19H25F3N4O2/c1-13(18(28)23-14-6-7-14)26-10-8-25(9-11-26)12-17(27)24-16-5-3-2-4-15(16)19(20,21)22/h2-5,13-14H,6-12H2,1H3,(H,23,28)(H,24,27)/p+2/t13-/m1/s1. The first kappa shape index (κ1) is 20.6. The van der Waals surface area contributed by atoms with Gasteiger partial charge in [-0.05, 0) is 31.9 Å². The van der Waals surface area contributed by atoms with Gasteiger partial charge < -0.3 is 20.4 Å². The number of anilines is 1. The van der Waals surface area contributed by atoms with Gasteiger partial charge >= 0.3 is 6.18 Å². The third kappa shape index (κ3) is 5.45. The molecule has 6 nitrogen and oxygen atoms in total. The number of benzene rings is 1. The highest BCUT2D eigenvalue weighted by Crippen LogP contribution is 2.34. The Morgan fingerprint density at radius 2 is 1.79 bits per heavy atom. The van der Waals surface area contributed by atoms with Crippen LogP contribution in [-0.4, -0.2) is 56.6 Å². The number of alkyl halides is 3. The van der Waals surface area contributed by atoms with Crippen molar-refractivity contribution in [2.24, 2.45) is 0 Å². The highest BCUT2D eigenvalue weighted by molar-refractivity contribution is 5.92. The van der Waals surface area contributed by atoms with Crippen molar-refractivity contribution < 1.29 is 32.6 Å². The number of hydrogen-bond donors (Lipinski definition) is 4. The minimum Gasteiger partial charge on any atom is -0.348 e. The van der Waals surface area contributed by atoms with Gasteiger partial charge in [-0.15, -0.1) is 0 Å². The van der Waals surface area contributed by atoms with Crippen LogP contribution in [0.1, 0.15) is 25.3 Å². The molecule has 1 aliphatic carbocycles. The first-order valence-electron chi connectivity index (χ1n) is 9.68. The molecule has 1 aromatic rings. The van der Waals surface area contributed by atoms with E-state index in [0.29, 0.717) is 19.1 Å². The molecule has 1 aliphatic heterocycles. The molecule has 1 saturated heterocycles. The summed E-state index contributed by atoms with van der Waals surface area (Å²) in [7, 11) is 0. The van der Waals surface area contributed by atoms with Gasteiger partial charge in [0.2, 0.25) is 0 Å². The minimum atomic E-state index is -4.51. The fourth-order valence-electron chi connectivity index (χ4n) is 3.53. The van der Waals surface area contributed by atoms with Crippen LogP contribution in [0.5, 0.6) is 0 Å². The minimum absolute atomic E-state index is 0.0717. The van der Waals surface area contributed by atoms with Gasteiger partial charge in [-0.3, -0.25) is 9.59 Å². The van der Waals surface area contributed by atoms with Gasteiger partial charge in [0.05, 0.1) is 11.3 Å². The van der Waals surface area contributed by atoms with E-state index >= 15 is 0 Å². The largest absolute Gasteiger partial charge is 0.418 e. The molecule has 2 aliphatic rings. The molecule has 1 heterocycles. The molecule has 1 atom stereocenters. The van der Waals surface area contributed by atoms with E-state index in [1.54, 1.807) is 0 Å². The van der Waals surface area contributed by atoms with Crippen molar-refractivity contribution in [1.82, 2.24) is 5.32 Å². The zero-order valence-electron chi connectivity index (χ0n) is 15.9. The summed E-state index contributed by atoms with van der Waals surface area (Å²) >= 11 is 0. The van der Waals surface area contributed by atoms with Crippen molar-refractivity contribution in [3.05, 3.63) is 29.8 Å². The van der Waals surface area contributed by atoms with Crippen LogP contribution in [0, 0.1) is 0 Å². The van der Waals surface area contributed by atoms with E-state index in [4.69, 9.17) is 0 Å². The Bertz CT molecular complexity index is 713. The Morgan fingerprint density at radius 1 is 1.14 bits per heavy atom. The van der Waals surface area contributed by atoms with Crippen molar-refractivity contribution in [3.63, 3.8) is 0 Å². The first-order valence-corrected chi connectivity index (χ1v) is 9.68. The van der Waals surface area contributed by atoms with E-state index in [1.165, 1.54) is 23.1 Å². The number of para-hydroxylation sites is 1. The first-order chi connectivity index (χ1) is 13.2. The van der Waals surface area contributed by atoms with Crippen LogP contribution in [0.4, 0.5) is 18.9 Å². The monoisotopic (exact) mass is 400 g/mol. The average Bonchev–Trinajstić information content (AvgIpc) is 3.45. The summed E-state index contributed by atoms with van der Waals surface area (Å²) in [4.78, 5) is 26.6. The van der Waals surface area contributed by atoms with Crippen molar-refractivity contribution in [3.8, 4) is 0 Å². The Hall–Kier alpha value is -2.13. The molecule has 28 heavy (non-hydrogen) atoms. The van der Waals surface area contributed by atoms with Gasteiger partial charge in [-0.2, -0.15) is 13.2 Å². The second-order valence-electron chi connectivity index (χ2n) is 7.68. The third-order valence-corrected chi connectivity index (χ3v) is 5.45. The molecule has 2 fully saturated rings. The molecule has 9 heteroatoms. The Labute approximate surface area is 162 Å². The topological polar surface area (TPSA) is 67.1 Å². The molecule has 154 valence electrons. The van der Waals surface area contributed by atoms with Crippen molar-refractivity contribution >= 4 is 17.5 Å². The van der Waals surface area contributed by atoms with E-state index in [-0.39, 0.29) is 24.2 Å². The van der Waals surface area contributed by atoms with Gasteiger partial charge in [0, 0.05) is 6.04 Å². The number of halogens is 3. The van der Waals surface area contributed by atoms with Crippen LogP contribution in [0.15, 0.2) is 24.3 Å². The van der Waals surface area contributed by atoms with Crippen LogP contribution in [0.3, 0.4) is 0 Å². The Kier molecular flexibility index (Phi) is 6.24. The number of nitrogens with one attached hydrogen (secondary N) is 4. The van der Waals surface area contributed by atoms with E-state index in [2.05, 4.69) is 10.6 Å². The molecule has 0 unspecified atom stereocenters. The van der Waals surface area contributed by atoms with Crippen LogP contribution < -0.4 is 20.4 Å². The van der Waals surface area contributed by atoms with Crippen molar-refractivity contribution in [1.29, 1.82) is 0 Å². The number of hydrogen-bond acceptors (Lipinski definition) is 2. The van der Waals surface area contributed by atoms with E-state index in [0.717, 1.165) is 36.9 Å². The molecule has 4 N–H and O–H groups in total. The molecule has 0 spiro atoms. The normalized spacial score (nSPS) is 23.7. The maximum atomic E-state index is 13.0. The van der Waals surface area contributed by atoms with Crippen LogP contribution in [0.25, 0.3) is 0 Å². The van der Waals surface area contributed by atoms with Crippen molar-refractivity contribution in [2.45, 2.75) is 38.0 Å². The summed E-state index contributed by atoms with van der Waals surface area (Å²) in [5, 5.41) is 5.41. The maximum absolute atomic E-state index is 13.0. The van der Waals surface area contributed by atoms with Crippen molar-refractivity contribution in [2.75, 3.05) is 38.0 Å². The average molecular weight is 400 g/mol. The van der Waals surface area contributed by atoms with Crippen LogP contribution in [-0.2, 0) is 15.8 Å². The number of carbonyl (C=O) groups is 2. The lowest BCUT2D eigenvalue weighted by Crippen LogP contribution is -3.30. The van der Waals surface area contributed by atoms with Gasteiger partial charge in [0.25, 0.3) is 11.8 Å². The second kappa shape index (κ2) is 8.48. The molecular formula is C19H27F3N4O2+2. The molecular weight excluding hydrogens is 373 g/mol. The number of amides is 2. The molecule has 1 saturated carbocycles. The van der Waals surface area contributed by atoms with Gasteiger partial charge in [-0.25, -0.2) is 0 Å². The lowest BCUT2D eigenvalue weighted by molar-refractivity contribution is -1.01. The summed E-state index contributed by atoms with van der Waals surface area (Å²) in [5.41, 5.74) is -1.06. The fourth-order valence-corrected chi connectivity index (χ4v) is 3.53. The lowest BCUT2D eigenvalue weighted by atomic mass is 10.1. The number of rotatable bonds is 6. The van der Waals surface area contributed by atoms with Gasteiger partial charge in [0.1, 0.15) is 26.2 Å². The summed E-state index contributed by atoms with van der Waals surface area (Å²) in [5.74, 6) is -0.364. The fraction of sp³-hybridized carbons (Fsp3) is 0.579. The van der Waals surface area contributed by atoms with E-state index < -0.39 is 17.6 Å². The quantitative estimate of drug-likeness (QED) is 0.500. The molecule has 0 bridgehead atoms. The number of piperazine rings is 1.